The molecule has 0 unspecified atom stereocenters. The van der Waals surface area contributed by atoms with Crippen LogP contribution in [0.25, 0.3) is 68.6 Å². The summed E-state index contributed by atoms with van der Waals surface area (Å²) in [6.45, 7) is 46.7. The van der Waals surface area contributed by atoms with Crippen LogP contribution in [0.1, 0.15) is 252 Å². The van der Waals surface area contributed by atoms with Crippen molar-refractivity contribution in [3.63, 3.8) is 0 Å². The van der Waals surface area contributed by atoms with Gasteiger partial charge in [-0.2, -0.15) is 0 Å². The van der Waals surface area contributed by atoms with E-state index >= 15 is 0 Å². The number of benzene rings is 4. The number of nitrogens with zero attached hydrogens (tertiary/aromatic N) is 5. The van der Waals surface area contributed by atoms with Gasteiger partial charge in [-0.1, -0.05) is 268 Å². The van der Waals surface area contributed by atoms with Gasteiger partial charge in [-0.05, 0) is 168 Å². The first-order valence-corrected chi connectivity index (χ1v) is 36.1. The van der Waals surface area contributed by atoms with E-state index in [1.165, 1.54) is 84.7 Å². The summed E-state index contributed by atoms with van der Waals surface area (Å²) in [6, 6.07) is 41.9. The Morgan fingerprint density at radius 2 is 0.778 bits per heavy atom. The van der Waals surface area contributed by atoms with E-state index in [9.17, 15) is 0 Å². The van der Waals surface area contributed by atoms with Gasteiger partial charge in [-0.25, -0.2) is 9.97 Å². The summed E-state index contributed by atoms with van der Waals surface area (Å²) in [5, 5.41) is 0. The van der Waals surface area contributed by atoms with Gasteiger partial charge >= 0.3 is 19.5 Å². The summed E-state index contributed by atoms with van der Waals surface area (Å²) < 4.78 is 0. The van der Waals surface area contributed by atoms with Gasteiger partial charge in [0, 0.05) is 16.9 Å². The first-order chi connectivity index (χ1) is 42.0. The molecule has 5 nitrogen and oxygen atoms in total. The number of anilines is 3. The van der Waals surface area contributed by atoms with Crippen LogP contribution in [0.4, 0.5) is 17.1 Å². The van der Waals surface area contributed by atoms with Crippen molar-refractivity contribution < 1.29 is 19.5 Å². The Labute approximate surface area is 557 Å². The molecule has 0 radical (unpaired) electrons. The molecule has 0 amide bonds. The molecule has 0 spiro atoms. The smallest absolute Gasteiger partial charge is 0.656 e. The molecule has 468 valence electrons. The predicted octanol–water partition coefficient (Wildman–Crippen LogP) is 23.7. The molecule has 0 atom stereocenters. The molecular formula is C83H105N5SiZn. The van der Waals surface area contributed by atoms with Crippen LogP contribution >= 0.6 is 0 Å². The van der Waals surface area contributed by atoms with Crippen molar-refractivity contribution in [2.75, 3.05) is 4.90 Å². The Bertz CT molecular complexity index is 3740. The quantitative estimate of drug-likeness (QED) is 0.0487. The van der Waals surface area contributed by atoms with Crippen LogP contribution in [0.5, 0.6) is 0 Å². The molecule has 3 aromatic heterocycles. The first kappa shape index (κ1) is 69.6. The molecule has 90 heavy (non-hydrogen) atoms. The fraction of sp³-hybridized carbons (Fsp3) is 0.446. The minimum Gasteiger partial charge on any atom is -0.656 e. The van der Waals surface area contributed by atoms with Crippen molar-refractivity contribution in [1.82, 2.24) is 19.9 Å². The van der Waals surface area contributed by atoms with Crippen LogP contribution in [0, 0.1) is 11.5 Å². The molecule has 7 heteroatoms. The molecule has 0 saturated carbocycles. The largest absolute Gasteiger partial charge is 2.00 e. The SMILES string of the molecule is CCCCCCc1ccc(N(c2ccc(CCCCCC)cc2)c2c3nc(c(-c4cc(C(C)(C)C)cc(C(C)(C)C)c4)c4ccc([n-]4)c(C#C[Si](C(C)C)(C(C)C)C(C)C)c4nc(c(-c5cc(C(C)(C)C)cc(C(C)(C)C)c5)c5ccc2[n-]5)C=C4)C=C3)cc1.[Zn+2]. The second-order valence-electron chi connectivity index (χ2n) is 30.9. The molecule has 5 heterocycles. The number of rotatable bonds is 18. The summed E-state index contributed by atoms with van der Waals surface area (Å²) >= 11 is 0. The molecule has 0 saturated heterocycles. The Kier molecular flexibility index (Phi) is 21.9. The number of hydrogen-bond donors (Lipinski definition) is 0. The zero-order valence-electron chi connectivity index (χ0n) is 58.9. The molecule has 0 fully saturated rings. The van der Waals surface area contributed by atoms with Gasteiger partial charge in [0.05, 0.1) is 28.5 Å². The molecule has 2 aliphatic rings. The fourth-order valence-electron chi connectivity index (χ4n) is 13.4. The maximum atomic E-state index is 5.92. The number of aryl methyl sites for hydroxylation is 2. The van der Waals surface area contributed by atoms with Crippen molar-refractivity contribution in [1.29, 1.82) is 0 Å². The van der Waals surface area contributed by atoms with Gasteiger partial charge in [0.1, 0.15) is 8.07 Å². The number of fused-ring (bicyclic) bond motifs is 8. The standard InChI is InChI=1S/C83H105N5Si.Zn/c1-21-23-25-27-29-58-31-35-66(36-32-58)88(67-37-33-59(34-38-67)30-28-26-24-22-2)79-75-45-43-73(86-75)77(60-49-62(80(9,10)11)53-63(50-60)81(12,13)14)71-41-39-69(84-71)68(47-48-89(55(3)4,56(5)6)57(7)8)70-40-42-72(85-70)78(74-44-46-76(79)87-74)61-51-64(82(15,16)17)54-65(52-61)83(18,19)20;/h31-46,49-57H,21-30H2,1-20H3;/q-2;+2. The average molecular weight is 1270 g/mol. The van der Waals surface area contributed by atoms with Crippen molar-refractivity contribution in [3.8, 4) is 33.7 Å². The predicted molar refractivity (Wildman–Crippen MR) is 391 cm³/mol. The molecule has 0 aliphatic carbocycles. The van der Waals surface area contributed by atoms with Crippen LogP contribution in [0.3, 0.4) is 0 Å². The summed E-state index contributed by atoms with van der Waals surface area (Å²) in [5.41, 5.74) is 27.4. The molecule has 7 aromatic rings. The van der Waals surface area contributed by atoms with E-state index in [0.717, 1.165) is 103 Å². The van der Waals surface area contributed by atoms with E-state index in [1.54, 1.807) is 0 Å². The van der Waals surface area contributed by atoms with Crippen LogP contribution in [0.2, 0.25) is 16.6 Å². The van der Waals surface area contributed by atoms with E-state index in [4.69, 9.17) is 19.9 Å². The third-order valence-corrected chi connectivity index (χ3v) is 25.3. The summed E-state index contributed by atoms with van der Waals surface area (Å²) in [5.74, 6) is 3.96. The normalized spacial score (nSPS) is 12.9. The topological polar surface area (TPSA) is 57.2 Å². The van der Waals surface area contributed by atoms with E-state index in [0.29, 0.717) is 16.6 Å². The Morgan fingerprint density at radius 1 is 0.422 bits per heavy atom. The number of unbranched alkanes of at least 4 members (excludes halogenated alkanes) is 6. The fourth-order valence-corrected chi connectivity index (χ4v) is 18.7. The molecule has 2 aliphatic heterocycles. The Morgan fingerprint density at radius 3 is 1.17 bits per heavy atom. The summed E-state index contributed by atoms with van der Waals surface area (Å²) in [6.07, 6.45) is 20.8. The van der Waals surface area contributed by atoms with E-state index in [-0.39, 0.29) is 41.1 Å². The van der Waals surface area contributed by atoms with Crippen molar-refractivity contribution >= 4 is 71.5 Å². The van der Waals surface area contributed by atoms with Gasteiger partial charge in [-0.3, -0.25) is 0 Å². The van der Waals surface area contributed by atoms with Crippen molar-refractivity contribution in [3.05, 3.63) is 171 Å². The monoisotopic (exact) mass is 1260 g/mol. The molecule has 0 N–H and O–H groups in total. The number of aromatic nitrogens is 4. The second kappa shape index (κ2) is 28.3. The van der Waals surface area contributed by atoms with Crippen molar-refractivity contribution in [2.45, 2.75) is 241 Å². The van der Waals surface area contributed by atoms with Gasteiger partial charge in [0.15, 0.2) is 0 Å². The van der Waals surface area contributed by atoms with E-state index in [1.807, 2.05) is 0 Å². The van der Waals surface area contributed by atoms with Gasteiger partial charge in [0.2, 0.25) is 0 Å². The van der Waals surface area contributed by atoms with Crippen LogP contribution < -0.4 is 14.9 Å². The zero-order chi connectivity index (χ0) is 64.4. The summed E-state index contributed by atoms with van der Waals surface area (Å²) in [7, 11) is -2.24. The van der Waals surface area contributed by atoms with Crippen molar-refractivity contribution in [2.24, 2.45) is 0 Å². The second-order valence-corrected chi connectivity index (χ2v) is 36.5. The Balaban J connectivity index is 0.0000105. The van der Waals surface area contributed by atoms with E-state index < -0.39 is 8.07 Å². The van der Waals surface area contributed by atoms with Gasteiger partial charge in [0.25, 0.3) is 0 Å². The van der Waals surface area contributed by atoms with Crippen LogP contribution in [-0.4, -0.2) is 18.0 Å². The zero-order valence-corrected chi connectivity index (χ0v) is 62.9. The molecule has 4 aromatic carbocycles. The minimum atomic E-state index is -2.24. The van der Waals surface area contributed by atoms with Gasteiger partial charge < -0.3 is 14.9 Å². The van der Waals surface area contributed by atoms with Gasteiger partial charge in [-0.15, -0.1) is 27.6 Å². The third-order valence-electron chi connectivity index (χ3n) is 19.0. The molecular weight excluding hydrogens is 1160 g/mol. The molecule has 8 bridgehead atoms. The van der Waals surface area contributed by atoms with Crippen LogP contribution in [0.15, 0.2) is 109 Å². The molecule has 9 rings (SSSR count). The Hall–Kier alpha value is -6.32. The van der Waals surface area contributed by atoms with E-state index in [2.05, 4.69) is 288 Å². The first-order valence-electron chi connectivity index (χ1n) is 33.9. The maximum Gasteiger partial charge on any atom is 2.00 e. The minimum absolute atomic E-state index is 0. The third kappa shape index (κ3) is 15.4. The average Bonchev–Trinajstić information content (AvgIpc) is 1.59. The number of hydrogen-bond acceptors (Lipinski definition) is 3. The summed E-state index contributed by atoms with van der Waals surface area (Å²) in [4.78, 5) is 25.8. The van der Waals surface area contributed by atoms with Crippen LogP contribution in [-0.2, 0) is 54.0 Å². The maximum absolute atomic E-state index is 5.92.